The van der Waals surface area contributed by atoms with Crippen LogP contribution in [0.1, 0.15) is 12.5 Å². The van der Waals surface area contributed by atoms with Crippen molar-refractivity contribution in [3.05, 3.63) is 53.1 Å². The smallest absolute Gasteiger partial charge is 0.260 e. The highest BCUT2D eigenvalue weighted by molar-refractivity contribution is 6.31. The molecule has 0 aliphatic heterocycles. The third-order valence-electron chi connectivity index (χ3n) is 3.95. The molecular weight excluding hydrogens is 368 g/mol. The number of para-hydroxylation sites is 1. The van der Waals surface area contributed by atoms with E-state index in [1.54, 1.807) is 25.2 Å². The lowest BCUT2D eigenvalue weighted by atomic mass is 10.1. The topological polar surface area (TPSA) is 67.9 Å². The van der Waals surface area contributed by atoms with Gasteiger partial charge in [-0.05, 0) is 36.2 Å². The van der Waals surface area contributed by atoms with E-state index in [1.807, 2.05) is 31.2 Å². The van der Waals surface area contributed by atoms with E-state index in [-0.39, 0.29) is 25.0 Å². The molecule has 0 saturated heterocycles. The molecule has 2 amide bonds. The van der Waals surface area contributed by atoms with Gasteiger partial charge in [-0.1, -0.05) is 36.7 Å². The van der Waals surface area contributed by atoms with Gasteiger partial charge in [-0.3, -0.25) is 9.59 Å². The quantitative estimate of drug-likeness (QED) is 0.750. The monoisotopic (exact) mass is 390 g/mol. The van der Waals surface area contributed by atoms with Crippen LogP contribution in [0, 0.1) is 0 Å². The number of anilines is 1. The Hall–Kier alpha value is -2.73. The summed E-state index contributed by atoms with van der Waals surface area (Å²) in [5.41, 5.74) is 1.47. The van der Waals surface area contributed by atoms with Crippen LogP contribution in [-0.4, -0.2) is 44.0 Å². The van der Waals surface area contributed by atoms with Crippen LogP contribution >= 0.6 is 11.6 Å². The molecular formula is C20H23ClN2O4. The highest BCUT2D eigenvalue weighted by Gasteiger charge is 2.16. The SMILES string of the molecule is CCc1ccccc1OCC(=O)N(C)CC(=O)Nc1cc(Cl)ccc1OC. The summed E-state index contributed by atoms with van der Waals surface area (Å²) in [6, 6.07) is 12.5. The average Bonchev–Trinajstić information content (AvgIpc) is 2.66. The number of methoxy groups -OCH3 is 1. The molecule has 0 unspecified atom stereocenters. The maximum atomic E-state index is 12.3. The van der Waals surface area contributed by atoms with Crippen LogP contribution < -0.4 is 14.8 Å². The number of carbonyl (C=O) groups is 2. The van der Waals surface area contributed by atoms with Crippen molar-refractivity contribution in [2.24, 2.45) is 0 Å². The number of nitrogens with zero attached hydrogens (tertiary/aromatic N) is 1. The highest BCUT2D eigenvalue weighted by Crippen LogP contribution is 2.27. The van der Waals surface area contributed by atoms with E-state index < -0.39 is 0 Å². The predicted molar refractivity (Wildman–Crippen MR) is 106 cm³/mol. The molecule has 0 aliphatic carbocycles. The van der Waals surface area contributed by atoms with Gasteiger partial charge in [0.25, 0.3) is 5.91 Å². The molecule has 0 bridgehead atoms. The summed E-state index contributed by atoms with van der Waals surface area (Å²) < 4.78 is 10.8. The lowest BCUT2D eigenvalue weighted by Crippen LogP contribution is -2.37. The van der Waals surface area contributed by atoms with Crippen molar-refractivity contribution in [2.75, 3.05) is 32.6 Å². The molecule has 0 radical (unpaired) electrons. The third kappa shape index (κ3) is 5.89. The van der Waals surface area contributed by atoms with Crippen molar-refractivity contribution in [1.82, 2.24) is 4.90 Å². The standard InChI is InChI=1S/C20H23ClN2O4/c1-4-14-7-5-6-8-17(14)27-13-20(25)23(2)12-19(24)22-16-11-15(21)9-10-18(16)26-3/h5-11H,4,12-13H2,1-3H3,(H,22,24). The molecule has 6 nitrogen and oxygen atoms in total. The maximum Gasteiger partial charge on any atom is 0.260 e. The Labute approximate surface area is 164 Å². The first kappa shape index (κ1) is 20.6. The van der Waals surface area contributed by atoms with Gasteiger partial charge in [0.15, 0.2) is 6.61 Å². The summed E-state index contributed by atoms with van der Waals surface area (Å²) in [5, 5.41) is 3.17. The van der Waals surface area contributed by atoms with Gasteiger partial charge in [0.05, 0.1) is 19.3 Å². The number of ether oxygens (including phenoxy) is 2. The van der Waals surface area contributed by atoms with Gasteiger partial charge in [0.2, 0.25) is 5.91 Å². The molecule has 0 aliphatic rings. The van der Waals surface area contributed by atoms with Crippen LogP contribution in [-0.2, 0) is 16.0 Å². The van der Waals surface area contributed by atoms with Gasteiger partial charge in [0, 0.05) is 12.1 Å². The summed E-state index contributed by atoms with van der Waals surface area (Å²) >= 11 is 5.95. The molecule has 144 valence electrons. The molecule has 2 aromatic rings. The first-order valence-electron chi connectivity index (χ1n) is 8.52. The van der Waals surface area contributed by atoms with E-state index >= 15 is 0 Å². The van der Waals surface area contributed by atoms with E-state index in [9.17, 15) is 9.59 Å². The van der Waals surface area contributed by atoms with Gasteiger partial charge in [-0.2, -0.15) is 0 Å². The molecule has 1 N–H and O–H groups in total. The second-order valence-electron chi connectivity index (χ2n) is 5.89. The molecule has 0 saturated carbocycles. The van der Waals surface area contributed by atoms with Crippen LogP contribution in [0.5, 0.6) is 11.5 Å². The van der Waals surface area contributed by atoms with Crippen LogP contribution in [0.3, 0.4) is 0 Å². The van der Waals surface area contributed by atoms with Crippen LogP contribution in [0.15, 0.2) is 42.5 Å². The number of halogens is 1. The summed E-state index contributed by atoms with van der Waals surface area (Å²) in [6.07, 6.45) is 0.810. The van der Waals surface area contributed by atoms with Crippen molar-refractivity contribution in [3.63, 3.8) is 0 Å². The number of nitrogens with one attached hydrogen (secondary N) is 1. The Morgan fingerprint density at radius 3 is 2.59 bits per heavy atom. The number of likely N-dealkylation sites (N-methyl/N-ethyl adjacent to an activating group) is 1. The second-order valence-corrected chi connectivity index (χ2v) is 6.33. The number of carbonyl (C=O) groups excluding carboxylic acids is 2. The summed E-state index contributed by atoms with van der Waals surface area (Å²) in [7, 11) is 3.05. The van der Waals surface area contributed by atoms with Gasteiger partial charge in [-0.25, -0.2) is 0 Å². The summed E-state index contributed by atoms with van der Waals surface area (Å²) in [4.78, 5) is 25.8. The molecule has 0 atom stereocenters. The largest absolute Gasteiger partial charge is 0.495 e. The van der Waals surface area contributed by atoms with Crippen molar-refractivity contribution >= 4 is 29.1 Å². The zero-order valence-corrected chi connectivity index (χ0v) is 16.4. The normalized spacial score (nSPS) is 10.2. The Balaban J connectivity index is 1.90. The highest BCUT2D eigenvalue weighted by atomic mass is 35.5. The van der Waals surface area contributed by atoms with Gasteiger partial charge in [-0.15, -0.1) is 0 Å². The fourth-order valence-electron chi connectivity index (χ4n) is 2.46. The molecule has 2 rings (SSSR count). The number of hydrogen-bond donors (Lipinski definition) is 1. The van der Waals surface area contributed by atoms with Gasteiger partial charge < -0.3 is 19.7 Å². The van der Waals surface area contributed by atoms with Gasteiger partial charge >= 0.3 is 0 Å². The fraction of sp³-hybridized carbons (Fsp3) is 0.300. The molecule has 7 heteroatoms. The van der Waals surface area contributed by atoms with E-state index in [0.29, 0.717) is 22.2 Å². The predicted octanol–water partition coefficient (Wildman–Crippen LogP) is 3.39. The maximum absolute atomic E-state index is 12.3. The first-order chi connectivity index (χ1) is 12.9. The van der Waals surface area contributed by atoms with E-state index in [4.69, 9.17) is 21.1 Å². The number of hydrogen-bond acceptors (Lipinski definition) is 4. The molecule has 0 aromatic heterocycles. The van der Waals surface area contributed by atoms with E-state index in [0.717, 1.165) is 12.0 Å². The van der Waals surface area contributed by atoms with Crippen LogP contribution in [0.2, 0.25) is 5.02 Å². The molecule has 2 aromatic carbocycles. The van der Waals surface area contributed by atoms with Crippen LogP contribution in [0.25, 0.3) is 0 Å². The third-order valence-corrected chi connectivity index (χ3v) is 4.18. The minimum Gasteiger partial charge on any atom is -0.495 e. The zero-order chi connectivity index (χ0) is 19.8. The summed E-state index contributed by atoms with van der Waals surface area (Å²) in [6.45, 7) is 1.76. The Bertz CT molecular complexity index is 810. The lowest BCUT2D eigenvalue weighted by Gasteiger charge is -2.18. The first-order valence-corrected chi connectivity index (χ1v) is 8.90. The number of benzene rings is 2. The van der Waals surface area contributed by atoms with Crippen LogP contribution in [0.4, 0.5) is 5.69 Å². The van der Waals surface area contributed by atoms with Crippen molar-refractivity contribution in [3.8, 4) is 11.5 Å². The number of amides is 2. The van der Waals surface area contributed by atoms with Crippen molar-refractivity contribution < 1.29 is 19.1 Å². The lowest BCUT2D eigenvalue weighted by molar-refractivity contribution is -0.135. The minimum absolute atomic E-state index is 0.118. The van der Waals surface area contributed by atoms with E-state index in [2.05, 4.69) is 5.32 Å². The number of rotatable bonds is 8. The molecule has 0 spiro atoms. The fourth-order valence-corrected chi connectivity index (χ4v) is 2.63. The average molecular weight is 391 g/mol. The Morgan fingerprint density at radius 1 is 1.15 bits per heavy atom. The second kappa shape index (κ2) is 9.83. The Morgan fingerprint density at radius 2 is 1.89 bits per heavy atom. The summed E-state index contributed by atoms with van der Waals surface area (Å²) in [5.74, 6) is 0.505. The molecule has 0 heterocycles. The van der Waals surface area contributed by atoms with Crippen molar-refractivity contribution in [1.29, 1.82) is 0 Å². The van der Waals surface area contributed by atoms with Gasteiger partial charge in [0.1, 0.15) is 11.5 Å². The Kier molecular flexibility index (Phi) is 7.49. The molecule has 0 fully saturated rings. The molecule has 27 heavy (non-hydrogen) atoms. The van der Waals surface area contributed by atoms with Crippen molar-refractivity contribution in [2.45, 2.75) is 13.3 Å². The minimum atomic E-state index is -0.361. The number of aryl methyl sites for hydroxylation is 1. The zero-order valence-electron chi connectivity index (χ0n) is 15.6. The van der Waals surface area contributed by atoms with E-state index in [1.165, 1.54) is 12.0 Å².